The summed E-state index contributed by atoms with van der Waals surface area (Å²) in [6, 6.07) is 15.8. The number of benzene rings is 2. The number of aryl methyl sites for hydroxylation is 1. The minimum Gasteiger partial charge on any atom is -0.508 e. The van der Waals surface area contributed by atoms with E-state index in [1.807, 2.05) is 18.2 Å². The quantitative estimate of drug-likeness (QED) is 0.837. The molecule has 0 radical (unpaired) electrons. The first-order chi connectivity index (χ1) is 8.29. The maximum atomic E-state index is 9.63. The Morgan fingerprint density at radius 1 is 1.00 bits per heavy atom. The second-order valence-electron chi connectivity index (χ2n) is 4.03. The summed E-state index contributed by atoms with van der Waals surface area (Å²) in [5.41, 5.74) is 3.32. The van der Waals surface area contributed by atoms with Crippen molar-refractivity contribution in [1.29, 1.82) is 0 Å². The summed E-state index contributed by atoms with van der Waals surface area (Å²) in [5.74, 6) is 0.338. The third-order valence-electron chi connectivity index (χ3n) is 2.84. The minimum atomic E-state index is 0.338. The topological polar surface area (TPSA) is 32.3 Å². The zero-order valence-corrected chi connectivity index (χ0v) is 9.98. The molecule has 0 aliphatic rings. The third-order valence-corrected chi connectivity index (χ3v) is 2.84. The highest BCUT2D eigenvalue weighted by Gasteiger charge is 1.99. The second-order valence-corrected chi connectivity index (χ2v) is 4.03. The molecule has 2 aromatic rings. The fraction of sp³-hybridized carbons (Fsp3) is 0.200. The zero-order chi connectivity index (χ0) is 12.1. The van der Waals surface area contributed by atoms with E-state index in [2.05, 4.69) is 36.5 Å². The van der Waals surface area contributed by atoms with Gasteiger partial charge in [0.05, 0.1) is 0 Å². The summed E-state index contributed by atoms with van der Waals surface area (Å²) in [5, 5.41) is 12.9. The number of phenols is 1. The predicted octanol–water partition coefficient (Wildman–Crippen LogP) is 3.57. The van der Waals surface area contributed by atoms with Crippen molar-refractivity contribution in [1.82, 2.24) is 0 Å². The van der Waals surface area contributed by atoms with Crippen molar-refractivity contribution >= 4 is 5.69 Å². The molecule has 2 rings (SSSR count). The fourth-order valence-electron chi connectivity index (χ4n) is 1.72. The van der Waals surface area contributed by atoms with Crippen molar-refractivity contribution in [3.8, 4) is 5.75 Å². The molecule has 0 heterocycles. The second kappa shape index (κ2) is 5.39. The Bertz CT molecular complexity index is 477. The Hall–Kier alpha value is -1.96. The van der Waals surface area contributed by atoms with Crippen LogP contribution in [0.2, 0.25) is 0 Å². The van der Waals surface area contributed by atoms with Gasteiger partial charge in [0.1, 0.15) is 5.75 Å². The molecule has 17 heavy (non-hydrogen) atoms. The molecule has 0 bridgehead atoms. The Kier molecular flexibility index (Phi) is 3.66. The molecule has 2 heteroatoms. The highest BCUT2D eigenvalue weighted by Crippen LogP contribution is 2.17. The van der Waals surface area contributed by atoms with Gasteiger partial charge in [0.25, 0.3) is 0 Å². The van der Waals surface area contributed by atoms with Crippen LogP contribution in [0.5, 0.6) is 5.75 Å². The molecular weight excluding hydrogens is 210 g/mol. The van der Waals surface area contributed by atoms with Gasteiger partial charge >= 0.3 is 0 Å². The van der Waals surface area contributed by atoms with Crippen LogP contribution in [0.3, 0.4) is 0 Å². The minimum absolute atomic E-state index is 0.338. The summed E-state index contributed by atoms with van der Waals surface area (Å²) in [6.07, 6.45) is 1.06. The Morgan fingerprint density at radius 3 is 2.35 bits per heavy atom. The van der Waals surface area contributed by atoms with E-state index >= 15 is 0 Å². The van der Waals surface area contributed by atoms with Crippen LogP contribution in [0, 0.1) is 0 Å². The standard InChI is InChI=1S/C15H17NO/c1-2-12-7-9-14(10-8-12)16-11-13-5-3-4-6-15(13)17/h3-10,16-17H,2,11H2,1H3. The van der Waals surface area contributed by atoms with Crippen molar-refractivity contribution in [2.24, 2.45) is 0 Å². The molecule has 2 aromatic carbocycles. The van der Waals surface area contributed by atoms with Crippen molar-refractivity contribution in [3.63, 3.8) is 0 Å². The van der Waals surface area contributed by atoms with E-state index in [0.29, 0.717) is 12.3 Å². The van der Waals surface area contributed by atoms with Crippen molar-refractivity contribution < 1.29 is 5.11 Å². The van der Waals surface area contributed by atoms with Gasteiger partial charge in [-0.15, -0.1) is 0 Å². The van der Waals surface area contributed by atoms with Gasteiger partial charge in [0.2, 0.25) is 0 Å². The lowest BCUT2D eigenvalue weighted by Gasteiger charge is -2.08. The maximum absolute atomic E-state index is 9.63. The number of anilines is 1. The molecule has 0 unspecified atom stereocenters. The van der Waals surface area contributed by atoms with Gasteiger partial charge in [-0.3, -0.25) is 0 Å². The van der Waals surface area contributed by atoms with Gasteiger partial charge in [-0.25, -0.2) is 0 Å². The van der Waals surface area contributed by atoms with Crippen LogP contribution in [-0.2, 0) is 13.0 Å². The molecule has 2 nitrogen and oxygen atoms in total. The molecular formula is C15H17NO. The number of para-hydroxylation sites is 1. The maximum Gasteiger partial charge on any atom is 0.120 e. The van der Waals surface area contributed by atoms with Gasteiger partial charge in [0, 0.05) is 17.8 Å². The molecule has 0 spiro atoms. The molecule has 0 fully saturated rings. The molecule has 0 saturated carbocycles. The first-order valence-electron chi connectivity index (χ1n) is 5.89. The molecule has 0 aromatic heterocycles. The summed E-state index contributed by atoms with van der Waals surface area (Å²) in [4.78, 5) is 0. The van der Waals surface area contributed by atoms with E-state index in [0.717, 1.165) is 17.7 Å². The van der Waals surface area contributed by atoms with E-state index < -0.39 is 0 Å². The van der Waals surface area contributed by atoms with Gasteiger partial charge in [0.15, 0.2) is 0 Å². The highest BCUT2D eigenvalue weighted by atomic mass is 16.3. The van der Waals surface area contributed by atoms with Crippen LogP contribution < -0.4 is 5.32 Å². The van der Waals surface area contributed by atoms with E-state index in [1.54, 1.807) is 6.07 Å². The van der Waals surface area contributed by atoms with Gasteiger partial charge in [-0.1, -0.05) is 37.3 Å². The SMILES string of the molecule is CCc1ccc(NCc2ccccc2O)cc1. The van der Waals surface area contributed by atoms with Crippen LogP contribution in [0.4, 0.5) is 5.69 Å². The molecule has 2 N–H and O–H groups in total. The largest absolute Gasteiger partial charge is 0.508 e. The average molecular weight is 227 g/mol. The zero-order valence-electron chi connectivity index (χ0n) is 9.98. The smallest absolute Gasteiger partial charge is 0.120 e. The first kappa shape index (κ1) is 11.5. The normalized spacial score (nSPS) is 10.2. The number of aromatic hydroxyl groups is 1. The van der Waals surface area contributed by atoms with Crippen molar-refractivity contribution in [3.05, 3.63) is 59.7 Å². The lowest BCUT2D eigenvalue weighted by molar-refractivity contribution is 0.469. The van der Waals surface area contributed by atoms with E-state index in [9.17, 15) is 5.11 Å². The third kappa shape index (κ3) is 3.00. The molecule has 0 aliphatic heterocycles. The summed E-state index contributed by atoms with van der Waals surface area (Å²) in [7, 11) is 0. The fourth-order valence-corrected chi connectivity index (χ4v) is 1.72. The van der Waals surface area contributed by atoms with Crippen molar-refractivity contribution in [2.45, 2.75) is 19.9 Å². The Labute approximate surface area is 102 Å². The monoisotopic (exact) mass is 227 g/mol. The van der Waals surface area contributed by atoms with E-state index in [4.69, 9.17) is 0 Å². The molecule has 0 atom stereocenters. The predicted molar refractivity (Wildman–Crippen MR) is 71.3 cm³/mol. The van der Waals surface area contributed by atoms with Crippen LogP contribution in [0.15, 0.2) is 48.5 Å². The average Bonchev–Trinajstić information content (AvgIpc) is 2.38. The van der Waals surface area contributed by atoms with Crippen LogP contribution in [0.1, 0.15) is 18.1 Å². The summed E-state index contributed by atoms with van der Waals surface area (Å²) in [6.45, 7) is 2.78. The highest BCUT2D eigenvalue weighted by molar-refractivity contribution is 5.46. The lowest BCUT2D eigenvalue weighted by atomic mass is 10.1. The van der Waals surface area contributed by atoms with E-state index in [-0.39, 0.29) is 0 Å². The van der Waals surface area contributed by atoms with E-state index in [1.165, 1.54) is 5.56 Å². The summed E-state index contributed by atoms with van der Waals surface area (Å²) < 4.78 is 0. The Morgan fingerprint density at radius 2 is 1.71 bits per heavy atom. The van der Waals surface area contributed by atoms with Crippen LogP contribution in [0.25, 0.3) is 0 Å². The van der Waals surface area contributed by atoms with Crippen LogP contribution >= 0.6 is 0 Å². The van der Waals surface area contributed by atoms with Gasteiger partial charge < -0.3 is 10.4 Å². The van der Waals surface area contributed by atoms with Crippen molar-refractivity contribution in [2.75, 3.05) is 5.32 Å². The first-order valence-corrected chi connectivity index (χ1v) is 5.89. The van der Waals surface area contributed by atoms with Gasteiger partial charge in [-0.05, 0) is 30.2 Å². The molecule has 0 aliphatic carbocycles. The van der Waals surface area contributed by atoms with Gasteiger partial charge in [-0.2, -0.15) is 0 Å². The molecule has 0 saturated heterocycles. The summed E-state index contributed by atoms with van der Waals surface area (Å²) >= 11 is 0. The Balaban J connectivity index is 2.00. The molecule has 0 amide bonds. The number of phenolic OH excluding ortho intramolecular Hbond substituents is 1. The number of hydrogen-bond donors (Lipinski definition) is 2. The number of rotatable bonds is 4. The van der Waals surface area contributed by atoms with Crippen LogP contribution in [-0.4, -0.2) is 5.11 Å². The number of hydrogen-bond acceptors (Lipinski definition) is 2. The number of nitrogens with one attached hydrogen (secondary N) is 1. The lowest BCUT2D eigenvalue weighted by Crippen LogP contribution is -1.99. The molecule has 88 valence electrons.